The van der Waals surface area contributed by atoms with Crippen LogP contribution in [-0.4, -0.2) is 32.6 Å². The van der Waals surface area contributed by atoms with Crippen LogP contribution < -0.4 is 4.90 Å². The van der Waals surface area contributed by atoms with Gasteiger partial charge in [-0.15, -0.1) is 0 Å². The Morgan fingerprint density at radius 1 is 1.10 bits per heavy atom. The van der Waals surface area contributed by atoms with Crippen molar-refractivity contribution >= 4 is 40.8 Å². The molecule has 0 fully saturated rings. The zero-order valence-electron chi connectivity index (χ0n) is 10.2. The molecule has 1 heterocycles. The van der Waals surface area contributed by atoms with E-state index in [0.29, 0.717) is 0 Å². The van der Waals surface area contributed by atoms with Crippen LogP contribution in [0.25, 0.3) is 0 Å². The smallest absolute Gasteiger partial charge is 0.305 e. The first-order valence-electron chi connectivity index (χ1n) is 5.68. The molecule has 8 heteroatoms. The third-order valence-corrected chi connectivity index (χ3v) is 2.77. The summed E-state index contributed by atoms with van der Waals surface area (Å²) in [4.78, 5) is 24.0. The lowest BCUT2D eigenvalue weighted by Crippen LogP contribution is -2.23. The van der Waals surface area contributed by atoms with E-state index in [9.17, 15) is 4.79 Å². The van der Waals surface area contributed by atoms with Crippen LogP contribution >= 0.6 is 23.2 Å². The fraction of sp³-hybridized carbons (Fsp3) is 0.167. The molecule has 6 nitrogen and oxygen atoms in total. The van der Waals surface area contributed by atoms with E-state index in [4.69, 9.17) is 28.3 Å². The Morgan fingerprint density at radius 3 is 2.25 bits per heavy atom. The van der Waals surface area contributed by atoms with Gasteiger partial charge in [0.1, 0.15) is 0 Å². The zero-order chi connectivity index (χ0) is 14.5. The Morgan fingerprint density at radius 2 is 1.70 bits per heavy atom. The molecule has 0 saturated carbocycles. The minimum atomic E-state index is -0.919. The van der Waals surface area contributed by atoms with E-state index >= 15 is 0 Å². The highest BCUT2D eigenvalue weighted by molar-refractivity contribution is 6.31. The van der Waals surface area contributed by atoms with Crippen molar-refractivity contribution in [3.63, 3.8) is 0 Å². The van der Waals surface area contributed by atoms with Crippen molar-refractivity contribution in [2.24, 2.45) is 0 Å². The fourth-order valence-corrected chi connectivity index (χ4v) is 1.95. The van der Waals surface area contributed by atoms with Gasteiger partial charge in [0.05, 0.1) is 6.42 Å². The molecule has 0 saturated heterocycles. The number of hydrogen-bond donors (Lipinski definition) is 1. The van der Waals surface area contributed by atoms with Crippen molar-refractivity contribution < 1.29 is 9.90 Å². The molecular weight excluding hydrogens is 303 g/mol. The summed E-state index contributed by atoms with van der Waals surface area (Å²) in [6.45, 7) is 0.190. The quantitative estimate of drug-likeness (QED) is 0.914. The highest BCUT2D eigenvalue weighted by Gasteiger charge is 2.15. The van der Waals surface area contributed by atoms with E-state index < -0.39 is 5.97 Å². The zero-order valence-corrected chi connectivity index (χ0v) is 11.7. The molecule has 0 aliphatic carbocycles. The number of aliphatic carboxylic acids is 1. The second-order valence-corrected chi connectivity index (χ2v) is 4.48. The van der Waals surface area contributed by atoms with Gasteiger partial charge >= 0.3 is 5.97 Å². The predicted molar refractivity (Wildman–Crippen MR) is 75.5 cm³/mol. The van der Waals surface area contributed by atoms with Crippen molar-refractivity contribution in [3.8, 4) is 0 Å². The average molecular weight is 313 g/mol. The van der Waals surface area contributed by atoms with Gasteiger partial charge in [-0.05, 0) is 35.3 Å². The molecule has 0 aliphatic rings. The van der Waals surface area contributed by atoms with Gasteiger partial charge in [-0.25, -0.2) is 0 Å². The lowest BCUT2D eigenvalue weighted by atomic mass is 10.3. The Hall–Kier alpha value is -1.92. The van der Waals surface area contributed by atoms with Crippen LogP contribution in [0, 0.1) is 0 Å². The lowest BCUT2D eigenvalue weighted by molar-refractivity contribution is -0.136. The fourth-order valence-electron chi connectivity index (χ4n) is 1.60. The van der Waals surface area contributed by atoms with Crippen molar-refractivity contribution in [2.75, 3.05) is 11.4 Å². The summed E-state index contributed by atoms with van der Waals surface area (Å²) in [5, 5.41) is 8.74. The Kier molecular flexibility index (Phi) is 4.70. The highest BCUT2D eigenvalue weighted by Crippen LogP contribution is 2.23. The topological polar surface area (TPSA) is 79.2 Å². The summed E-state index contributed by atoms with van der Waals surface area (Å²) >= 11 is 11.5. The number of carbonyl (C=O) groups is 1. The third kappa shape index (κ3) is 3.79. The molecule has 0 aliphatic heterocycles. The standard InChI is InChI=1S/C12H10Cl2N4O2/c13-10-15-11(14)17-12(16-10)18(7-6-9(19)20)8-4-2-1-3-5-8/h1-5H,6-7H2,(H,19,20). The van der Waals surface area contributed by atoms with Gasteiger partial charge in [0.2, 0.25) is 16.5 Å². The van der Waals surface area contributed by atoms with Crippen LogP contribution in [0.4, 0.5) is 11.6 Å². The van der Waals surface area contributed by atoms with Crippen molar-refractivity contribution in [1.82, 2.24) is 15.0 Å². The SMILES string of the molecule is O=C(O)CCN(c1ccccc1)c1nc(Cl)nc(Cl)n1. The number of aromatic nitrogens is 3. The molecule has 2 aromatic rings. The van der Waals surface area contributed by atoms with Crippen molar-refractivity contribution in [3.05, 3.63) is 40.9 Å². The van der Waals surface area contributed by atoms with E-state index in [0.717, 1.165) is 5.69 Å². The number of para-hydroxylation sites is 1. The van der Waals surface area contributed by atoms with E-state index in [2.05, 4.69) is 15.0 Å². The summed E-state index contributed by atoms with van der Waals surface area (Å²) in [7, 11) is 0. The van der Waals surface area contributed by atoms with Gasteiger partial charge in [-0.1, -0.05) is 18.2 Å². The van der Waals surface area contributed by atoms with Gasteiger partial charge in [0.25, 0.3) is 0 Å². The molecule has 1 aromatic heterocycles. The summed E-state index contributed by atoms with van der Waals surface area (Å²) in [5.74, 6) is -0.709. The van der Waals surface area contributed by atoms with Gasteiger partial charge in [-0.3, -0.25) is 4.79 Å². The second kappa shape index (κ2) is 6.49. The Balaban J connectivity index is 2.37. The number of hydrogen-bond acceptors (Lipinski definition) is 5. The number of nitrogens with zero attached hydrogens (tertiary/aromatic N) is 4. The summed E-state index contributed by atoms with van der Waals surface area (Å²) in [6.07, 6.45) is -0.0736. The molecule has 0 spiro atoms. The summed E-state index contributed by atoms with van der Waals surface area (Å²) < 4.78 is 0. The molecule has 0 amide bonds. The van der Waals surface area contributed by atoms with E-state index in [1.54, 1.807) is 4.90 Å². The van der Waals surface area contributed by atoms with Crippen molar-refractivity contribution in [1.29, 1.82) is 0 Å². The largest absolute Gasteiger partial charge is 0.481 e. The summed E-state index contributed by atoms with van der Waals surface area (Å²) in [5.41, 5.74) is 0.743. The number of carboxylic acid groups (broad SMARTS) is 1. The number of carboxylic acids is 1. The van der Waals surface area contributed by atoms with E-state index in [-0.39, 0.29) is 29.5 Å². The van der Waals surface area contributed by atoms with Gasteiger partial charge in [0, 0.05) is 12.2 Å². The molecule has 20 heavy (non-hydrogen) atoms. The van der Waals surface area contributed by atoms with Gasteiger partial charge in [-0.2, -0.15) is 15.0 Å². The summed E-state index contributed by atoms with van der Waals surface area (Å²) in [6, 6.07) is 9.13. The molecule has 1 N–H and O–H groups in total. The normalized spacial score (nSPS) is 10.3. The maximum absolute atomic E-state index is 10.8. The Bertz CT molecular complexity index is 589. The van der Waals surface area contributed by atoms with Crippen LogP contribution in [-0.2, 0) is 4.79 Å². The first-order chi connectivity index (χ1) is 9.56. The minimum absolute atomic E-state index is 0.0451. The second-order valence-electron chi connectivity index (χ2n) is 3.80. The van der Waals surface area contributed by atoms with Crippen LogP contribution in [0.5, 0.6) is 0 Å². The maximum Gasteiger partial charge on any atom is 0.305 e. The molecule has 0 atom stereocenters. The van der Waals surface area contributed by atoms with E-state index in [1.807, 2.05) is 30.3 Å². The number of anilines is 2. The van der Waals surface area contributed by atoms with Gasteiger partial charge in [0.15, 0.2) is 0 Å². The molecular formula is C12H10Cl2N4O2. The molecule has 2 rings (SSSR count). The average Bonchev–Trinajstić information content (AvgIpc) is 2.38. The predicted octanol–water partition coefficient (Wildman–Crippen LogP) is 2.79. The van der Waals surface area contributed by atoms with Crippen molar-refractivity contribution in [2.45, 2.75) is 6.42 Å². The maximum atomic E-state index is 10.8. The number of benzene rings is 1. The van der Waals surface area contributed by atoms with Crippen LogP contribution in [0.3, 0.4) is 0 Å². The molecule has 0 unspecified atom stereocenters. The highest BCUT2D eigenvalue weighted by atomic mass is 35.5. The number of rotatable bonds is 5. The van der Waals surface area contributed by atoms with Crippen LogP contribution in [0.1, 0.15) is 6.42 Å². The third-order valence-electron chi connectivity index (χ3n) is 2.43. The Labute approximate surface area is 125 Å². The van der Waals surface area contributed by atoms with E-state index in [1.165, 1.54) is 0 Å². The van der Waals surface area contributed by atoms with Gasteiger partial charge < -0.3 is 10.0 Å². The van der Waals surface area contributed by atoms with Crippen LogP contribution in [0.15, 0.2) is 30.3 Å². The first kappa shape index (κ1) is 14.5. The number of halogens is 2. The monoisotopic (exact) mass is 312 g/mol. The molecule has 0 bridgehead atoms. The molecule has 0 radical (unpaired) electrons. The van der Waals surface area contributed by atoms with Crippen LogP contribution in [0.2, 0.25) is 10.6 Å². The molecule has 104 valence electrons. The minimum Gasteiger partial charge on any atom is -0.481 e. The first-order valence-corrected chi connectivity index (χ1v) is 6.43. The molecule has 1 aromatic carbocycles. The lowest BCUT2D eigenvalue weighted by Gasteiger charge is -2.21.